The van der Waals surface area contributed by atoms with E-state index in [4.69, 9.17) is 10.8 Å². The highest BCUT2D eigenvalue weighted by Gasteiger charge is 2.01. The standard InChI is InChI=1S/C11H14BrNO/c1-2-3-4-5-7-13-9-11-10(12)6-8-14-11/h1,6,8,13H,3-5,7,9H2. The predicted molar refractivity (Wildman–Crippen MR) is 60.8 cm³/mol. The zero-order chi connectivity index (χ0) is 10.2. The number of hydrogen-bond donors (Lipinski definition) is 1. The average Bonchev–Trinajstić information content (AvgIpc) is 2.58. The van der Waals surface area contributed by atoms with Crippen LogP contribution in [0.5, 0.6) is 0 Å². The summed E-state index contributed by atoms with van der Waals surface area (Å²) < 4.78 is 6.27. The summed E-state index contributed by atoms with van der Waals surface area (Å²) in [5, 5.41) is 3.30. The van der Waals surface area contributed by atoms with Crippen LogP contribution in [0.1, 0.15) is 25.0 Å². The van der Waals surface area contributed by atoms with Gasteiger partial charge in [0.2, 0.25) is 0 Å². The van der Waals surface area contributed by atoms with E-state index in [-0.39, 0.29) is 0 Å². The second-order valence-corrected chi connectivity index (χ2v) is 3.88. The van der Waals surface area contributed by atoms with Crippen LogP contribution in [0.3, 0.4) is 0 Å². The molecule has 0 amide bonds. The van der Waals surface area contributed by atoms with Crippen LogP contribution in [0, 0.1) is 12.3 Å². The molecule has 76 valence electrons. The number of halogens is 1. The summed E-state index contributed by atoms with van der Waals surface area (Å²) in [6.07, 6.45) is 9.90. The molecule has 1 aromatic rings. The molecule has 0 bridgehead atoms. The molecule has 0 saturated carbocycles. The lowest BCUT2D eigenvalue weighted by atomic mass is 10.2. The molecule has 0 aliphatic carbocycles. The van der Waals surface area contributed by atoms with Gasteiger partial charge in [-0.15, -0.1) is 12.3 Å². The summed E-state index contributed by atoms with van der Waals surface area (Å²) >= 11 is 3.40. The lowest BCUT2D eigenvalue weighted by molar-refractivity contribution is 0.477. The van der Waals surface area contributed by atoms with Gasteiger partial charge in [-0.25, -0.2) is 0 Å². The van der Waals surface area contributed by atoms with Crippen molar-refractivity contribution in [3.8, 4) is 12.3 Å². The molecule has 0 spiro atoms. The van der Waals surface area contributed by atoms with Crippen molar-refractivity contribution in [1.82, 2.24) is 5.32 Å². The Bertz CT molecular complexity index is 300. The van der Waals surface area contributed by atoms with Crippen molar-refractivity contribution in [3.63, 3.8) is 0 Å². The Morgan fingerprint density at radius 1 is 1.50 bits per heavy atom. The first-order valence-electron chi connectivity index (χ1n) is 4.70. The molecule has 0 aliphatic rings. The molecule has 0 atom stereocenters. The highest BCUT2D eigenvalue weighted by molar-refractivity contribution is 9.10. The van der Waals surface area contributed by atoms with Gasteiger partial charge < -0.3 is 9.73 Å². The van der Waals surface area contributed by atoms with Gasteiger partial charge in [-0.1, -0.05) is 0 Å². The van der Waals surface area contributed by atoms with E-state index in [0.717, 1.165) is 42.6 Å². The van der Waals surface area contributed by atoms with Crippen LogP contribution in [-0.2, 0) is 6.54 Å². The van der Waals surface area contributed by atoms with Gasteiger partial charge in [0.25, 0.3) is 0 Å². The van der Waals surface area contributed by atoms with E-state index >= 15 is 0 Å². The van der Waals surface area contributed by atoms with E-state index in [2.05, 4.69) is 27.2 Å². The van der Waals surface area contributed by atoms with Gasteiger partial charge in [0.05, 0.1) is 17.3 Å². The van der Waals surface area contributed by atoms with Gasteiger partial charge >= 0.3 is 0 Å². The smallest absolute Gasteiger partial charge is 0.131 e. The summed E-state index contributed by atoms with van der Waals surface area (Å²) in [5.41, 5.74) is 0. The number of rotatable bonds is 6. The SMILES string of the molecule is C#CCCCCNCc1occc1Br. The van der Waals surface area contributed by atoms with Crippen LogP contribution in [0.4, 0.5) is 0 Å². The Kier molecular flexibility index (Phi) is 5.43. The van der Waals surface area contributed by atoms with Crippen LogP contribution in [0.25, 0.3) is 0 Å². The van der Waals surface area contributed by atoms with E-state index in [1.54, 1.807) is 6.26 Å². The molecule has 14 heavy (non-hydrogen) atoms. The number of unbranched alkanes of at least 4 members (excludes halogenated alkanes) is 2. The molecule has 0 aromatic carbocycles. The Hall–Kier alpha value is -0.720. The Morgan fingerprint density at radius 3 is 3.00 bits per heavy atom. The average molecular weight is 256 g/mol. The molecule has 0 unspecified atom stereocenters. The minimum atomic E-state index is 0.767. The van der Waals surface area contributed by atoms with Gasteiger partial charge in [0, 0.05) is 6.42 Å². The first-order chi connectivity index (χ1) is 6.84. The van der Waals surface area contributed by atoms with E-state index in [1.165, 1.54) is 0 Å². The lowest BCUT2D eigenvalue weighted by Gasteiger charge is -2.01. The van der Waals surface area contributed by atoms with Crippen molar-refractivity contribution in [2.24, 2.45) is 0 Å². The summed E-state index contributed by atoms with van der Waals surface area (Å²) in [5.74, 6) is 3.57. The fourth-order valence-corrected chi connectivity index (χ4v) is 1.47. The maximum atomic E-state index is 5.25. The first kappa shape index (κ1) is 11.4. The summed E-state index contributed by atoms with van der Waals surface area (Å²) in [7, 11) is 0. The Balaban J connectivity index is 2.05. The normalized spacial score (nSPS) is 10.0. The fourth-order valence-electron chi connectivity index (χ4n) is 1.13. The molecule has 2 nitrogen and oxygen atoms in total. The second kappa shape index (κ2) is 6.69. The minimum Gasteiger partial charge on any atom is -0.467 e. The number of hydrogen-bond acceptors (Lipinski definition) is 2. The van der Waals surface area contributed by atoms with E-state index < -0.39 is 0 Å². The number of terminal acetylenes is 1. The highest BCUT2D eigenvalue weighted by atomic mass is 79.9. The summed E-state index contributed by atoms with van der Waals surface area (Å²) in [4.78, 5) is 0. The minimum absolute atomic E-state index is 0.767. The Labute approximate surface area is 93.2 Å². The second-order valence-electron chi connectivity index (χ2n) is 3.03. The molecule has 0 radical (unpaired) electrons. The maximum absolute atomic E-state index is 5.25. The zero-order valence-corrected chi connectivity index (χ0v) is 9.64. The van der Waals surface area contributed by atoms with Gasteiger partial charge in [-0.05, 0) is 41.4 Å². The predicted octanol–water partition coefficient (Wildman–Crippen LogP) is 2.94. The third kappa shape index (κ3) is 3.99. The van der Waals surface area contributed by atoms with Crippen molar-refractivity contribution in [2.45, 2.75) is 25.8 Å². The van der Waals surface area contributed by atoms with Crippen molar-refractivity contribution < 1.29 is 4.42 Å². The molecular weight excluding hydrogens is 242 g/mol. The monoisotopic (exact) mass is 255 g/mol. The lowest BCUT2D eigenvalue weighted by Crippen LogP contribution is -2.14. The molecule has 1 rings (SSSR count). The highest BCUT2D eigenvalue weighted by Crippen LogP contribution is 2.16. The molecule has 1 aromatic heterocycles. The van der Waals surface area contributed by atoms with E-state index in [9.17, 15) is 0 Å². The molecule has 0 fully saturated rings. The van der Waals surface area contributed by atoms with Crippen molar-refractivity contribution in [2.75, 3.05) is 6.54 Å². The van der Waals surface area contributed by atoms with Gasteiger partial charge in [0.15, 0.2) is 0 Å². The summed E-state index contributed by atoms with van der Waals surface area (Å²) in [6, 6.07) is 1.90. The third-order valence-electron chi connectivity index (χ3n) is 1.90. The van der Waals surface area contributed by atoms with Gasteiger partial charge in [-0.2, -0.15) is 0 Å². The number of furan rings is 1. The van der Waals surface area contributed by atoms with Crippen LogP contribution in [0.15, 0.2) is 21.2 Å². The van der Waals surface area contributed by atoms with Crippen LogP contribution < -0.4 is 5.32 Å². The quantitative estimate of drug-likeness (QED) is 0.625. The van der Waals surface area contributed by atoms with Crippen molar-refractivity contribution in [1.29, 1.82) is 0 Å². The zero-order valence-electron chi connectivity index (χ0n) is 8.05. The molecule has 1 heterocycles. The topological polar surface area (TPSA) is 25.2 Å². The Morgan fingerprint density at radius 2 is 2.36 bits per heavy atom. The van der Waals surface area contributed by atoms with Crippen molar-refractivity contribution >= 4 is 15.9 Å². The summed E-state index contributed by atoms with van der Waals surface area (Å²) in [6.45, 7) is 1.75. The molecule has 1 N–H and O–H groups in total. The number of nitrogens with one attached hydrogen (secondary N) is 1. The van der Waals surface area contributed by atoms with E-state index in [0.29, 0.717) is 0 Å². The molecule has 0 aliphatic heterocycles. The maximum Gasteiger partial charge on any atom is 0.131 e. The molecular formula is C11H14BrNO. The largest absolute Gasteiger partial charge is 0.467 e. The third-order valence-corrected chi connectivity index (χ3v) is 2.61. The van der Waals surface area contributed by atoms with Crippen LogP contribution in [0.2, 0.25) is 0 Å². The first-order valence-corrected chi connectivity index (χ1v) is 5.50. The van der Waals surface area contributed by atoms with E-state index in [1.807, 2.05) is 6.07 Å². The van der Waals surface area contributed by atoms with Gasteiger partial charge in [-0.3, -0.25) is 0 Å². The molecule has 0 saturated heterocycles. The van der Waals surface area contributed by atoms with Crippen LogP contribution >= 0.6 is 15.9 Å². The molecule has 3 heteroatoms. The fraction of sp³-hybridized carbons (Fsp3) is 0.455. The van der Waals surface area contributed by atoms with Crippen molar-refractivity contribution in [3.05, 3.63) is 22.6 Å². The van der Waals surface area contributed by atoms with Crippen LogP contribution in [-0.4, -0.2) is 6.54 Å². The van der Waals surface area contributed by atoms with Gasteiger partial charge in [0.1, 0.15) is 5.76 Å².